The van der Waals surface area contributed by atoms with Crippen LogP contribution >= 0.6 is 11.3 Å². The first-order valence-electron chi connectivity index (χ1n) is 9.16. The Hall–Kier alpha value is -2.71. The summed E-state index contributed by atoms with van der Waals surface area (Å²) in [6.45, 7) is 3.28. The molecule has 3 aromatic carbocycles. The maximum atomic E-state index is 2.50. The van der Waals surface area contributed by atoms with E-state index in [0.717, 1.165) is 13.0 Å². The molecular formula is C24H18NS+. The van der Waals surface area contributed by atoms with E-state index in [0.29, 0.717) is 0 Å². The van der Waals surface area contributed by atoms with E-state index >= 15 is 0 Å². The van der Waals surface area contributed by atoms with Gasteiger partial charge in [0.25, 0.3) is 0 Å². The summed E-state index contributed by atoms with van der Waals surface area (Å²) in [5.74, 6) is 0. The minimum absolute atomic E-state index is 1.05. The Balaban J connectivity index is 1.71. The maximum absolute atomic E-state index is 2.50. The molecule has 0 atom stereocenters. The molecule has 0 saturated carbocycles. The van der Waals surface area contributed by atoms with Crippen molar-refractivity contribution >= 4 is 42.4 Å². The lowest BCUT2D eigenvalue weighted by Crippen LogP contribution is -2.41. The molecule has 0 unspecified atom stereocenters. The zero-order valence-corrected chi connectivity index (χ0v) is 15.4. The molecule has 0 aliphatic carbocycles. The van der Waals surface area contributed by atoms with E-state index in [4.69, 9.17) is 0 Å². The fourth-order valence-corrected chi connectivity index (χ4v) is 5.62. The van der Waals surface area contributed by atoms with E-state index in [-0.39, 0.29) is 0 Å². The number of nitrogens with zero attached hydrogens (tertiary/aromatic N) is 1. The van der Waals surface area contributed by atoms with Gasteiger partial charge in [-0.3, -0.25) is 0 Å². The third-order valence-corrected chi connectivity index (χ3v) is 6.88. The molecule has 0 spiro atoms. The van der Waals surface area contributed by atoms with Crippen molar-refractivity contribution in [2.75, 3.05) is 0 Å². The monoisotopic (exact) mass is 352 g/mol. The van der Waals surface area contributed by atoms with E-state index in [9.17, 15) is 0 Å². The van der Waals surface area contributed by atoms with Crippen LogP contribution in [0.5, 0.6) is 0 Å². The molecular weight excluding hydrogens is 334 g/mol. The van der Waals surface area contributed by atoms with Gasteiger partial charge in [0.2, 0.25) is 11.2 Å². The molecule has 2 aromatic heterocycles. The zero-order valence-electron chi connectivity index (χ0n) is 14.6. The number of hydrogen-bond donors (Lipinski definition) is 0. The topological polar surface area (TPSA) is 3.88 Å². The van der Waals surface area contributed by atoms with Crippen molar-refractivity contribution in [3.8, 4) is 11.3 Å². The summed E-state index contributed by atoms with van der Waals surface area (Å²) in [5, 5.41) is 4.17. The van der Waals surface area contributed by atoms with Gasteiger partial charge in [0, 0.05) is 44.1 Å². The van der Waals surface area contributed by atoms with Crippen molar-refractivity contribution in [2.24, 2.45) is 0 Å². The normalized spacial score (nSPS) is 13.3. The number of benzene rings is 3. The first kappa shape index (κ1) is 14.5. The second kappa shape index (κ2) is 5.15. The molecule has 0 radical (unpaired) electrons. The SMILES string of the molecule is Cc1cc2[n+](c3ccccc13)CCc1cc3c(cc1-2)sc1ccccc13. The van der Waals surface area contributed by atoms with Crippen molar-refractivity contribution in [3.05, 3.63) is 77.9 Å². The van der Waals surface area contributed by atoms with Crippen molar-refractivity contribution in [1.82, 2.24) is 0 Å². The summed E-state index contributed by atoms with van der Waals surface area (Å²) in [7, 11) is 0. The number of fused-ring (bicyclic) bond motifs is 8. The van der Waals surface area contributed by atoms with Crippen LogP contribution in [0.15, 0.2) is 66.7 Å². The first-order chi connectivity index (χ1) is 12.8. The van der Waals surface area contributed by atoms with Gasteiger partial charge in [0.05, 0.1) is 5.56 Å². The Kier molecular flexibility index (Phi) is 2.86. The van der Waals surface area contributed by atoms with Crippen LogP contribution in [-0.4, -0.2) is 0 Å². The van der Waals surface area contributed by atoms with Crippen LogP contribution in [0.25, 0.3) is 42.3 Å². The molecule has 1 aliphatic rings. The van der Waals surface area contributed by atoms with E-state index < -0.39 is 0 Å². The van der Waals surface area contributed by atoms with Gasteiger partial charge in [-0.1, -0.05) is 30.3 Å². The van der Waals surface area contributed by atoms with Gasteiger partial charge in [0.15, 0.2) is 6.54 Å². The van der Waals surface area contributed by atoms with Crippen LogP contribution in [0.1, 0.15) is 11.1 Å². The molecule has 124 valence electrons. The van der Waals surface area contributed by atoms with E-state index in [1.54, 1.807) is 0 Å². The second-order valence-corrected chi connectivity index (χ2v) is 8.32. The molecule has 0 amide bonds. The molecule has 5 aromatic rings. The van der Waals surface area contributed by atoms with Crippen LogP contribution in [0.3, 0.4) is 0 Å². The van der Waals surface area contributed by atoms with Crippen molar-refractivity contribution in [2.45, 2.75) is 19.9 Å². The molecule has 1 nitrogen and oxygen atoms in total. The maximum Gasteiger partial charge on any atom is 0.213 e. The number of pyridine rings is 1. The van der Waals surface area contributed by atoms with E-state index in [2.05, 4.69) is 78.2 Å². The van der Waals surface area contributed by atoms with E-state index in [1.807, 2.05) is 11.3 Å². The smallest absolute Gasteiger partial charge is 0.191 e. The summed E-state index contributed by atoms with van der Waals surface area (Å²) < 4.78 is 5.28. The third kappa shape index (κ3) is 1.88. The Morgan fingerprint density at radius 1 is 0.808 bits per heavy atom. The van der Waals surface area contributed by atoms with Crippen LogP contribution < -0.4 is 4.57 Å². The van der Waals surface area contributed by atoms with Crippen LogP contribution in [0.2, 0.25) is 0 Å². The standard InChI is InChI=1S/C24H18NS/c1-15-12-22-19-14-24-20(18-7-3-5-9-23(18)26-24)13-16(19)10-11-25(22)21-8-4-2-6-17(15)21/h2-9,12-14H,10-11H2,1H3/q+1. The highest BCUT2D eigenvalue weighted by Gasteiger charge is 2.27. The minimum Gasteiger partial charge on any atom is -0.191 e. The van der Waals surface area contributed by atoms with Gasteiger partial charge in [-0.25, -0.2) is 0 Å². The Morgan fingerprint density at radius 2 is 1.62 bits per heavy atom. The van der Waals surface area contributed by atoms with Gasteiger partial charge >= 0.3 is 0 Å². The lowest BCUT2D eigenvalue weighted by atomic mass is 9.93. The average Bonchev–Trinajstić information content (AvgIpc) is 3.04. The van der Waals surface area contributed by atoms with Gasteiger partial charge in [-0.15, -0.1) is 11.3 Å². The Morgan fingerprint density at radius 3 is 2.54 bits per heavy atom. The quantitative estimate of drug-likeness (QED) is 0.300. The fraction of sp³-hybridized carbons (Fsp3) is 0.125. The van der Waals surface area contributed by atoms with Crippen LogP contribution in [0.4, 0.5) is 0 Å². The third-order valence-electron chi connectivity index (χ3n) is 5.75. The minimum atomic E-state index is 1.05. The van der Waals surface area contributed by atoms with E-state index in [1.165, 1.54) is 53.5 Å². The van der Waals surface area contributed by atoms with Gasteiger partial charge in [-0.2, -0.15) is 4.57 Å². The summed E-state index contributed by atoms with van der Waals surface area (Å²) in [4.78, 5) is 0. The molecule has 1 aliphatic heterocycles. The molecule has 3 heterocycles. The highest BCUT2D eigenvalue weighted by molar-refractivity contribution is 7.25. The summed E-state index contributed by atoms with van der Waals surface area (Å²) >= 11 is 1.91. The number of hydrogen-bond acceptors (Lipinski definition) is 1. The summed E-state index contributed by atoms with van der Waals surface area (Å²) in [6, 6.07) is 24.8. The number of aryl methyl sites for hydroxylation is 3. The first-order valence-corrected chi connectivity index (χ1v) is 9.98. The molecule has 0 bridgehead atoms. The van der Waals surface area contributed by atoms with Crippen LogP contribution in [0, 0.1) is 6.92 Å². The predicted molar refractivity (Wildman–Crippen MR) is 111 cm³/mol. The Labute approximate surface area is 156 Å². The molecule has 0 fully saturated rings. The number of para-hydroxylation sites is 1. The lowest BCUT2D eigenvalue weighted by molar-refractivity contribution is -0.661. The predicted octanol–water partition coefficient (Wildman–Crippen LogP) is 6.03. The van der Waals surface area contributed by atoms with Crippen molar-refractivity contribution in [3.63, 3.8) is 0 Å². The summed E-state index contributed by atoms with van der Waals surface area (Å²) in [6.07, 6.45) is 1.10. The zero-order chi connectivity index (χ0) is 17.3. The largest absolute Gasteiger partial charge is 0.213 e. The van der Waals surface area contributed by atoms with Crippen molar-refractivity contribution < 1.29 is 4.57 Å². The number of thiophene rings is 1. The van der Waals surface area contributed by atoms with Crippen molar-refractivity contribution in [1.29, 1.82) is 0 Å². The molecule has 0 saturated heterocycles. The Bertz CT molecular complexity index is 1340. The van der Waals surface area contributed by atoms with Gasteiger partial charge in [-0.05, 0) is 42.3 Å². The summed E-state index contributed by atoms with van der Waals surface area (Å²) in [5.41, 5.74) is 6.96. The lowest BCUT2D eigenvalue weighted by Gasteiger charge is -2.17. The highest BCUT2D eigenvalue weighted by atomic mass is 32.1. The number of aromatic nitrogens is 1. The molecule has 2 heteroatoms. The fourth-order valence-electron chi connectivity index (χ4n) is 4.49. The molecule has 6 rings (SSSR count). The molecule has 26 heavy (non-hydrogen) atoms. The highest BCUT2D eigenvalue weighted by Crippen LogP contribution is 2.39. The van der Waals surface area contributed by atoms with Gasteiger partial charge < -0.3 is 0 Å². The second-order valence-electron chi connectivity index (χ2n) is 7.24. The average molecular weight is 352 g/mol. The van der Waals surface area contributed by atoms with Gasteiger partial charge in [0.1, 0.15) is 0 Å². The molecule has 0 N–H and O–H groups in total. The van der Waals surface area contributed by atoms with Crippen LogP contribution in [-0.2, 0) is 13.0 Å². The number of rotatable bonds is 0.